The number of nitrogens with one attached hydrogen (secondary N) is 1. The first-order valence-electron chi connectivity index (χ1n) is 6.64. The Balaban J connectivity index is 2.23. The quantitative estimate of drug-likeness (QED) is 0.875. The molecule has 23 heavy (non-hydrogen) atoms. The summed E-state index contributed by atoms with van der Waals surface area (Å²) >= 11 is 0. The third kappa shape index (κ3) is 4.97. The molecule has 0 aliphatic rings. The lowest BCUT2D eigenvalue weighted by Gasteiger charge is -2.15. The molecule has 2 rings (SSSR count). The first-order valence-corrected chi connectivity index (χ1v) is 8.36. The van der Waals surface area contributed by atoms with Crippen LogP contribution in [0.2, 0.25) is 0 Å². The maximum atomic E-state index is 13.0. The molecular weight excluding hydrogens is 329 g/mol. The van der Waals surface area contributed by atoms with Gasteiger partial charge in [-0.2, -0.15) is 13.2 Å². The standard InChI is InChI=1S/C15H15F3N2O2S/c16-15(17,18)13-7-3-1-5-11(13)9-20-14-8-4-2-6-12(14)10-23(19,21)22/h1-8,20H,9-10H2,(H2,19,21,22). The molecule has 0 atom stereocenters. The maximum absolute atomic E-state index is 13.0. The lowest BCUT2D eigenvalue weighted by molar-refractivity contribution is -0.138. The van der Waals surface area contributed by atoms with Gasteiger partial charge >= 0.3 is 6.18 Å². The number of alkyl halides is 3. The highest BCUT2D eigenvalue weighted by atomic mass is 32.2. The molecule has 0 heterocycles. The zero-order chi connectivity index (χ0) is 17.1. The minimum atomic E-state index is -4.45. The van der Waals surface area contributed by atoms with Crippen molar-refractivity contribution in [1.29, 1.82) is 0 Å². The summed E-state index contributed by atoms with van der Waals surface area (Å²) in [7, 11) is -3.73. The molecule has 0 fully saturated rings. The molecule has 124 valence electrons. The number of nitrogens with two attached hydrogens (primary N) is 1. The van der Waals surface area contributed by atoms with Gasteiger partial charge in [0.05, 0.1) is 11.3 Å². The molecule has 8 heteroatoms. The molecule has 2 aromatic carbocycles. The van der Waals surface area contributed by atoms with Crippen LogP contribution < -0.4 is 10.5 Å². The molecule has 0 aliphatic carbocycles. The van der Waals surface area contributed by atoms with Crippen molar-refractivity contribution in [2.45, 2.75) is 18.5 Å². The predicted molar refractivity (Wildman–Crippen MR) is 82.0 cm³/mol. The van der Waals surface area contributed by atoms with Crippen LogP contribution in [0.3, 0.4) is 0 Å². The first-order chi connectivity index (χ1) is 10.7. The fraction of sp³-hybridized carbons (Fsp3) is 0.200. The fourth-order valence-corrected chi connectivity index (χ4v) is 2.86. The summed E-state index contributed by atoms with van der Waals surface area (Å²) in [6.07, 6.45) is -4.45. The second kappa shape index (κ2) is 6.59. The number of rotatable bonds is 5. The molecule has 0 saturated heterocycles. The van der Waals surface area contributed by atoms with Crippen LogP contribution in [-0.4, -0.2) is 8.42 Å². The molecule has 0 aromatic heterocycles. The first kappa shape index (κ1) is 17.3. The predicted octanol–water partition coefficient (Wildman–Crippen LogP) is 3.11. The van der Waals surface area contributed by atoms with E-state index < -0.39 is 27.5 Å². The third-order valence-corrected chi connectivity index (χ3v) is 3.88. The van der Waals surface area contributed by atoms with E-state index in [1.54, 1.807) is 24.3 Å². The minimum absolute atomic E-state index is 0.0745. The van der Waals surface area contributed by atoms with Crippen LogP contribution in [0.15, 0.2) is 48.5 Å². The number of hydrogen-bond acceptors (Lipinski definition) is 3. The highest BCUT2D eigenvalue weighted by Crippen LogP contribution is 2.32. The maximum Gasteiger partial charge on any atom is 0.416 e. The van der Waals surface area contributed by atoms with Gasteiger partial charge in [0.2, 0.25) is 10.0 Å². The van der Waals surface area contributed by atoms with Crippen LogP contribution in [0, 0.1) is 0 Å². The van der Waals surface area contributed by atoms with E-state index in [2.05, 4.69) is 5.32 Å². The lowest BCUT2D eigenvalue weighted by atomic mass is 10.1. The molecule has 2 aromatic rings. The number of benzene rings is 2. The number of sulfonamides is 1. The van der Waals surface area contributed by atoms with Crippen molar-refractivity contribution in [2.24, 2.45) is 5.14 Å². The van der Waals surface area contributed by atoms with Gasteiger partial charge in [0.15, 0.2) is 0 Å². The lowest BCUT2D eigenvalue weighted by Crippen LogP contribution is -2.16. The van der Waals surface area contributed by atoms with Gasteiger partial charge in [-0.05, 0) is 23.3 Å². The fourth-order valence-electron chi connectivity index (χ4n) is 2.18. The Labute approximate surface area is 132 Å². The zero-order valence-corrected chi connectivity index (χ0v) is 12.8. The molecule has 0 radical (unpaired) electrons. The largest absolute Gasteiger partial charge is 0.416 e. The van der Waals surface area contributed by atoms with Gasteiger partial charge in [-0.15, -0.1) is 0 Å². The van der Waals surface area contributed by atoms with Crippen LogP contribution in [0.4, 0.5) is 18.9 Å². The summed E-state index contributed by atoms with van der Waals surface area (Å²) in [5.41, 5.74) is 0.180. The van der Waals surface area contributed by atoms with E-state index in [0.717, 1.165) is 6.07 Å². The Hall–Kier alpha value is -2.06. The molecule has 0 spiro atoms. The summed E-state index contributed by atoms with van der Waals surface area (Å²) in [6.45, 7) is -0.0860. The Morgan fingerprint density at radius 1 is 0.957 bits per heavy atom. The number of halogens is 3. The molecule has 0 unspecified atom stereocenters. The Morgan fingerprint density at radius 2 is 1.52 bits per heavy atom. The molecule has 0 bridgehead atoms. The molecule has 0 amide bonds. The molecular formula is C15H15F3N2O2S. The van der Waals surface area contributed by atoms with Gasteiger partial charge in [0.25, 0.3) is 0 Å². The van der Waals surface area contributed by atoms with Crippen LogP contribution in [0.25, 0.3) is 0 Å². The summed E-state index contributed by atoms with van der Waals surface area (Å²) < 4.78 is 61.3. The molecule has 0 saturated carbocycles. The Kier molecular flexibility index (Phi) is 4.96. The second-order valence-electron chi connectivity index (χ2n) is 4.97. The number of anilines is 1. The van der Waals surface area contributed by atoms with E-state index in [1.165, 1.54) is 18.2 Å². The monoisotopic (exact) mass is 344 g/mol. The van der Waals surface area contributed by atoms with E-state index in [0.29, 0.717) is 11.3 Å². The number of para-hydroxylation sites is 1. The average Bonchev–Trinajstić information content (AvgIpc) is 2.44. The molecule has 0 aliphatic heterocycles. The average molecular weight is 344 g/mol. The van der Waals surface area contributed by atoms with Gasteiger partial charge in [-0.3, -0.25) is 0 Å². The van der Waals surface area contributed by atoms with Gasteiger partial charge in [0.1, 0.15) is 0 Å². The van der Waals surface area contributed by atoms with Crippen molar-refractivity contribution in [3.05, 3.63) is 65.2 Å². The highest BCUT2D eigenvalue weighted by Gasteiger charge is 2.32. The van der Waals surface area contributed by atoms with Gasteiger partial charge in [-0.1, -0.05) is 36.4 Å². The third-order valence-electron chi connectivity index (χ3n) is 3.17. The smallest absolute Gasteiger partial charge is 0.381 e. The minimum Gasteiger partial charge on any atom is -0.381 e. The van der Waals surface area contributed by atoms with Crippen molar-refractivity contribution in [1.82, 2.24) is 0 Å². The van der Waals surface area contributed by atoms with Crippen LogP contribution in [0.5, 0.6) is 0 Å². The van der Waals surface area contributed by atoms with Crippen molar-refractivity contribution < 1.29 is 21.6 Å². The molecule has 3 N–H and O–H groups in total. The van der Waals surface area contributed by atoms with Crippen LogP contribution in [-0.2, 0) is 28.5 Å². The second-order valence-corrected chi connectivity index (χ2v) is 6.59. The topological polar surface area (TPSA) is 72.2 Å². The van der Waals surface area contributed by atoms with E-state index in [-0.39, 0.29) is 12.1 Å². The van der Waals surface area contributed by atoms with Gasteiger partial charge in [-0.25, -0.2) is 13.6 Å². The molecule has 4 nitrogen and oxygen atoms in total. The summed E-state index contributed by atoms with van der Waals surface area (Å²) in [5.74, 6) is -0.392. The Morgan fingerprint density at radius 3 is 2.13 bits per heavy atom. The summed E-state index contributed by atoms with van der Waals surface area (Å²) in [4.78, 5) is 0. The summed E-state index contributed by atoms with van der Waals surface area (Å²) in [6, 6.07) is 11.7. The van der Waals surface area contributed by atoms with Crippen molar-refractivity contribution in [2.75, 3.05) is 5.32 Å². The van der Waals surface area contributed by atoms with E-state index in [9.17, 15) is 21.6 Å². The number of primary sulfonamides is 1. The van der Waals surface area contributed by atoms with E-state index >= 15 is 0 Å². The van der Waals surface area contributed by atoms with Gasteiger partial charge < -0.3 is 5.32 Å². The van der Waals surface area contributed by atoms with Crippen molar-refractivity contribution in [3.8, 4) is 0 Å². The van der Waals surface area contributed by atoms with Gasteiger partial charge in [0, 0.05) is 12.2 Å². The van der Waals surface area contributed by atoms with E-state index in [1.807, 2.05) is 0 Å². The zero-order valence-electron chi connectivity index (χ0n) is 12.0. The highest BCUT2D eigenvalue weighted by molar-refractivity contribution is 7.88. The number of hydrogen-bond donors (Lipinski definition) is 2. The van der Waals surface area contributed by atoms with Crippen LogP contribution >= 0.6 is 0 Å². The van der Waals surface area contributed by atoms with Crippen molar-refractivity contribution in [3.63, 3.8) is 0 Å². The normalized spacial score (nSPS) is 12.2. The van der Waals surface area contributed by atoms with Crippen LogP contribution in [0.1, 0.15) is 16.7 Å². The Bertz CT molecular complexity index is 789. The SMILES string of the molecule is NS(=O)(=O)Cc1ccccc1NCc1ccccc1C(F)(F)F. The van der Waals surface area contributed by atoms with E-state index in [4.69, 9.17) is 5.14 Å². The van der Waals surface area contributed by atoms with Crippen molar-refractivity contribution >= 4 is 15.7 Å². The summed E-state index contributed by atoms with van der Waals surface area (Å²) in [5, 5.41) is 7.87.